The second-order valence-corrected chi connectivity index (χ2v) is 5.33. The van der Waals surface area contributed by atoms with Crippen molar-refractivity contribution in [2.45, 2.75) is 33.0 Å². The Morgan fingerprint density at radius 1 is 1.35 bits per heavy atom. The van der Waals surface area contributed by atoms with Crippen LogP contribution in [0.2, 0.25) is 0 Å². The van der Waals surface area contributed by atoms with Crippen molar-refractivity contribution in [1.82, 2.24) is 20.1 Å². The van der Waals surface area contributed by atoms with Crippen molar-refractivity contribution in [3.63, 3.8) is 0 Å². The van der Waals surface area contributed by atoms with Crippen LogP contribution in [-0.4, -0.2) is 32.4 Å². The first kappa shape index (κ1) is 19.3. The number of rotatable bonds is 6. The highest BCUT2D eigenvalue weighted by Crippen LogP contribution is 2.29. The molecule has 2 aromatic heterocycles. The maximum absolute atomic E-state index is 12.5. The van der Waals surface area contributed by atoms with Crippen molar-refractivity contribution in [2.75, 3.05) is 5.32 Å². The zero-order valence-corrected chi connectivity index (χ0v) is 14.4. The molecular weight excluding hydrogens is 349 g/mol. The summed E-state index contributed by atoms with van der Waals surface area (Å²) in [7, 11) is 0. The summed E-state index contributed by atoms with van der Waals surface area (Å²) in [5.74, 6) is -1.37. The Kier molecular flexibility index (Phi) is 5.86. The highest BCUT2D eigenvalue weighted by molar-refractivity contribution is 5.55. The molecule has 26 heavy (non-hydrogen) atoms. The van der Waals surface area contributed by atoms with E-state index >= 15 is 0 Å². The van der Waals surface area contributed by atoms with Crippen molar-refractivity contribution in [1.29, 1.82) is 0 Å². The Balaban J connectivity index is 2.06. The van der Waals surface area contributed by atoms with Crippen LogP contribution in [0.1, 0.15) is 26.7 Å². The van der Waals surface area contributed by atoms with Gasteiger partial charge in [-0.2, -0.15) is 18.2 Å². The number of hydrogen-bond acceptors (Lipinski definition) is 7. The lowest BCUT2D eigenvalue weighted by Crippen LogP contribution is -2.18. The Bertz CT molecular complexity index is 823. The van der Waals surface area contributed by atoms with Crippen molar-refractivity contribution >= 4 is 12.2 Å². The molecule has 0 saturated heterocycles. The van der Waals surface area contributed by atoms with Gasteiger partial charge in [-0.1, -0.05) is 11.7 Å². The predicted octanol–water partition coefficient (Wildman–Crippen LogP) is 3.90. The Labute approximate surface area is 147 Å². The topological polar surface area (TPSA) is 89.1 Å². The number of alkyl halides is 3. The second kappa shape index (κ2) is 7.89. The highest BCUT2D eigenvalue weighted by Gasteiger charge is 2.38. The van der Waals surface area contributed by atoms with Crippen LogP contribution in [0.5, 0.6) is 0 Å². The van der Waals surface area contributed by atoms with Gasteiger partial charge in [0.15, 0.2) is 0 Å². The standard InChI is InChI=1S/C16H17F3N6O/c1-5-20-10(3)6-9(2)11(4)23-15-21-7-12(8-22-15)13-24-14(26-25-13)16(17,18)19/h5-8,11H,2H2,1,3-4H3,(H,21,22,23)/b10-6-,20-5?. The smallest absolute Gasteiger partial charge is 0.348 e. The molecule has 0 amide bonds. The number of anilines is 1. The van der Waals surface area contributed by atoms with Crippen LogP contribution < -0.4 is 5.32 Å². The molecule has 10 heteroatoms. The molecule has 0 bridgehead atoms. The minimum atomic E-state index is -4.70. The summed E-state index contributed by atoms with van der Waals surface area (Å²) in [6.07, 6.45) is 1.42. The molecule has 0 radical (unpaired) electrons. The van der Waals surface area contributed by atoms with Crippen LogP contribution in [0, 0.1) is 0 Å². The predicted molar refractivity (Wildman–Crippen MR) is 90.5 cm³/mol. The molecule has 2 heterocycles. The van der Waals surface area contributed by atoms with E-state index in [1.54, 1.807) is 6.21 Å². The molecule has 2 rings (SSSR count). The zero-order chi connectivity index (χ0) is 19.3. The van der Waals surface area contributed by atoms with Crippen LogP contribution in [0.3, 0.4) is 0 Å². The van der Waals surface area contributed by atoms with Gasteiger partial charge in [0.05, 0.1) is 11.6 Å². The first-order valence-corrected chi connectivity index (χ1v) is 7.56. The fourth-order valence-corrected chi connectivity index (χ4v) is 1.89. The number of hydrogen-bond donors (Lipinski definition) is 1. The third kappa shape index (κ3) is 4.98. The normalized spacial score (nSPS) is 13.8. The summed E-state index contributed by atoms with van der Waals surface area (Å²) in [6, 6.07) is -0.176. The molecule has 1 unspecified atom stereocenters. The van der Waals surface area contributed by atoms with Crippen LogP contribution in [0.4, 0.5) is 19.1 Å². The molecular formula is C16H17F3N6O. The molecule has 0 saturated carbocycles. The van der Waals surface area contributed by atoms with E-state index in [0.717, 1.165) is 11.3 Å². The summed E-state index contributed by atoms with van der Waals surface area (Å²) in [5.41, 5.74) is 1.78. The molecule has 0 aliphatic carbocycles. The first-order chi connectivity index (χ1) is 12.2. The largest absolute Gasteiger partial charge is 0.471 e. The average molecular weight is 366 g/mol. The minimum absolute atomic E-state index is 0.176. The summed E-state index contributed by atoms with van der Waals surface area (Å²) in [4.78, 5) is 15.5. The van der Waals surface area contributed by atoms with Crippen LogP contribution >= 0.6 is 0 Å². The third-order valence-corrected chi connectivity index (χ3v) is 3.21. The van der Waals surface area contributed by atoms with E-state index in [1.165, 1.54) is 12.4 Å². The maximum atomic E-state index is 12.5. The third-order valence-electron chi connectivity index (χ3n) is 3.21. The van der Waals surface area contributed by atoms with Gasteiger partial charge in [-0.3, -0.25) is 4.99 Å². The molecule has 0 aliphatic rings. The number of aromatic nitrogens is 4. The fourth-order valence-electron chi connectivity index (χ4n) is 1.89. The molecule has 0 spiro atoms. The van der Waals surface area contributed by atoms with Gasteiger partial charge in [0, 0.05) is 24.3 Å². The van der Waals surface area contributed by atoms with E-state index in [9.17, 15) is 13.2 Å². The quantitative estimate of drug-likeness (QED) is 0.616. The minimum Gasteiger partial charge on any atom is -0.348 e. The van der Waals surface area contributed by atoms with Crippen molar-refractivity contribution in [3.05, 3.63) is 42.2 Å². The van der Waals surface area contributed by atoms with Gasteiger partial charge in [0.2, 0.25) is 11.8 Å². The lowest BCUT2D eigenvalue weighted by Gasteiger charge is -2.14. The number of nitrogens with one attached hydrogen (secondary N) is 1. The van der Waals surface area contributed by atoms with Gasteiger partial charge in [0.25, 0.3) is 0 Å². The Morgan fingerprint density at radius 2 is 2.00 bits per heavy atom. The Hall–Kier alpha value is -3.04. The van der Waals surface area contributed by atoms with E-state index in [4.69, 9.17) is 0 Å². The van der Waals surface area contributed by atoms with Gasteiger partial charge in [-0.25, -0.2) is 9.97 Å². The monoisotopic (exact) mass is 366 g/mol. The van der Waals surface area contributed by atoms with Gasteiger partial charge < -0.3 is 9.84 Å². The first-order valence-electron chi connectivity index (χ1n) is 7.56. The number of allylic oxidation sites excluding steroid dienone is 1. The van der Waals surface area contributed by atoms with Crippen molar-refractivity contribution < 1.29 is 17.7 Å². The van der Waals surface area contributed by atoms with Gasteiger partial charge in [0.1, 0.15) is 0 Å². The lowest BCUT2D eigenvalue weighted by atomic mass is 10.1. The maximum Gasteiger partial charge on any atom is 0.471 e. The molecule has 0 aliphatic heterocycles. The summed E-state index contributed by atoms with van der Waals surface area (Å²) >= 11 is 0. The number of aliphatic imine (C=N–C) groups is 1. The van der Waals surface area contributed by atoms with Gasteiger partial charge in [-0.15, -0.1) is 0 Å². The Morgan fingerprint density at radius 3 is 2.54 bits per heavy atom. The molecule has 7 nitrogen and oxygen atoms in total. The SMILES string of the molecule is C=C(/C=C(/C)N=CC)C(C)Nc1ncc(-c2noc(C(F)(F)F)n2)cn1. The van der Waals surface area contributed by atoms with E-state index in [1.807, 2.05) is 26.8 Å². The second-order valence-electron chi connectivity index (χ2n) is 5.33. The summed E-state index contributed by atoms with van der Waals surface area (Å²) < 4.78 is 41.6. The zero-order valence-electron chi connectivity index (χ0n) is 14.4. The number of halogens is 3. The van der Waals surface area contributed by atoms with E-state index in [0.29, 0.717) is 0 Å². The molecule has 138 valence electrons. The van der Waals surface area contributed by atoms with Crippen LogP contribution in [0.15, 0.2) is 45.8 Å². The average Bonchev–Trinajstić information content (AvgIpc) is 3.06. The molecule has 1 N–H and O–H groups in total. The molecule has 0 fully saturated rings. The number of nitrogens with zero attached hydrogens (tertiary/aromatic N) is 5. The summed E-state index contributed by atoms with van der Waals surface area (Å²) in [6.45, 7) is 9.49. The molecule has 1 atom stereocenters. The van der Waals surface area contributed by atoms with E-state index in [-0.39, 0.29) is 23.4 Å². The van der Waals surface area contributed by atoms with Crippen molar-refractivity contribution in [3.8, 4) is 11.4 Å². The van der Waals surface area contributed by atoms with E-state index in [2.05, 4.69) is 41.5 Å². The van der Waals surface area contributed by atoms with E-state index < -0.39 is 12.1 Å². The lowest BCUT2D eigenvalue weighted by molar-refractivity contribution is -0.159. The van der Waals surface area contributed by atoms with Crippen LogP contribution in [0.25, 0.3) is 11.4 Å². The van der Waals surface area contributed by atoms with Crippen LogP contribution in [-0.2, 0) is 6.18 Å². The highest BCUT2D eigenvalue weighted by atomic mass is 19.4. The van der Waals surface area contributed by atoms with Gasteiger partial charge >= 0.3 is 12.1 Å². The van der Waals surface area contributed by atoms with Crippen molar-refractivity contribution in [2.24, 2.45) is 4.99 Å². The molecule has 2 aromatic rings. The molecule has 0 aromatic carbocycles. The fraction of sp³-hybridized carbons (Fsp3) is 0.312. The van der Waals surface area contributed by atoms with Gasteiger partial charge in [-0.05, 0) is 32.4 Å². The summed E-state index contributed by atoms with van der Waals surface area (Å²) in [5, 5.41) is 6.31.